The van der Waals surface area contributed by atoms with E-state index in [1.807, 2.05) is 24.3 Å². The van der Waals surface area contributed by atoms with E-state index >= 15 is 0 Å². The summed E-state index contributed by atoms with van der Waals surface area (Å²) in [5.41, 5.74) is 1.28. The van der Waals surface area contributed by atoms with Crippen LogP contribution in [0.3, 0.4) is 0 Å². The lowest BCUT2D eigenvalue weighted by Crippen LogP contribution is -2.34. The molecular weight excluding hydrogens is 416 g/mol. The molecule has 1 aliphatic rings. The molecule has 1 amide bonds. The van der Waals surface area contributed by atoms with Gasteiger partial charge in [0, 0.05) is 38.0 Å². The highest BCUT2D eigenvalue weighted by atomic mass is 32.2. The largest absolute Gasteiger partial charge is 0.425 e. The molecule has 3 aromatic rings. The first kappa shape index (κ1) is 21.2. The molecule has 2 aromatic carbocycles. The van der Waals surface area contributed by atoms with E-state index < -0.39 is 10.0 Å². The number of nitrogens with one attached hydrogen (secondary N) is 1. The van der Waals surface area contributed by atoms with E-state index in [4.69, 9.17) is 4.42 Å². The van der Waals surface area contributed by atoms with Crippen molar-refractivity contribution in [2.45, 2.75) is 18.6 Å². The van der Waals surface area contributed by atoms with Crippen LogP contribution in [0.2, 0.25) is 0 Å². The summed E-state index contributed by atoms with van der Waals surface area (Å²) in [6.45, 7) is 2.51. The van der Waals surface area contributed by atoms with Crippen molar-refractivity contribution in [2.24, 2.45) is 5.92 Å². The highest BCUT2D eigenvalue weighted by molar-refractivity contribution is 7.88. The van der Waals surface area contributed by atoms with Crippen LogP contribution in [0.15, 0.2) is 65.1 Å². The van der Waals surface area contributed by atoms with Gasteiger partial charge in [-0.3, -0.25) is 4.79 Å². The van der Waals surface area contributed by atoms with Gasteiger partial charge in [0.05, 0.1) is 11.7 Å². The van der Waals surface area contributed by atoms with Crippen LogP contribution in [0.4, 0.5) is 0 Å². The number of amides is 1. The fraction of sp³-hybridized carbons (Fsp3) is 0.318. The van der Waals surface area contributed by atoms with Gasteiger partial charge in [-0.2, -0.15) is 0 Å². The van der Waals surface area contributed by atoms with E-state index in [0.29, 0.717) is 23.9 Å². The van der Waals surface area contributed by atoms with Crippen molar-refractivity contribution < 1.29 is 17.6 Å². The molecule has 31 heavy (non-hydrogen) atoms. The second-order valence-corrected chi connectivity index (χ2v) is 9.63. The Kier molecular flexibility index (Phi) is 6.15. The number of hydrogen-bond donors (Lipinski definition) is 1. The van der Waals surface area contributed by atoms with Gasteiger partial charge in [-0.05, 0) is 17.7 Å². The molecule has 0 aliphatic carbocycles. The average molecular weight is 441 g/mol. The molecule has 1 fully saturated rings. The molecule has 8 nitrogen and oxygen atoms in total. The molecule has 1 N–H and O–H groups in total. The van der Waals surface area contributed by atoms with Crippen LogP contribution in [0, 0.1) is 12.8 Å². The van der Waals surface area contributed by atoms with Crippen LogP contribution in [0.5, 0.6) is 0 Å². The highest BCUT2D eigenvalue weighted by Gasteiger charge is 2.42. The van der Waals surface area contributed by atoms with Gasteiger partial charge < -0.3 is 9.73 Å². The fourth-order valence-corrected chi connectivity index (χ4v) is 5.40. The summed E-state index contributed by atoms with van der Waals surface area (Å²) >= 11 is 0. The van der Waals surface area contributed by atoms with Gasteiger partial charge in [-0.1, -0.05) is 48.5 Å². The Hall–Kier alpha value is -3.04. The molecule has 0 bridgehead atoms. The van der Waals surface area contributed by atoms with Gasteiger partial charge in [0.25, 0.3) is 5.91 Å². The summed E-state index contributed by atoms with van der Waals surface area (Å²) in [6, 6.07) is 18.0. The number of sulfonamides is 1. The quantitative estimate of drug-likeness (QED) is 0.605. The molecule has 162 valence electrons. The van der Waals surface area contributed by atoms with E-state index in [9.17, 15) is 13.2 Å². The zero-order valence-corrected chi connectivity index (χ0v) is 18.0. The second-order valence-electron chi connectivity index (χ2n) is 7.66. The van der Waals surface area contributed by atoms with Crippen LogP contribution in [-0.2, 0) is 15.8 Å². The Balaban J connectivity index is 1.50. The summed E-state index contributed by atoms with van der Waals surface area (Å²) in [6.07, 6.45) is 0. The number of hydrogen-bond acceptors (Lipinski definition) is 6. The Morgan fingerprint density at radius 1 is 1.06 bits per heavy atom. The molecule has 1 aliphatic heterocycles. The van der Waals surface area contributed by atoms with E-state index in [0.717, 1.165) is 5.56 Å². The summed E-state index contributed by atoms with van der Waals surface area (Å²) in [5, 5.41) is 10.9. The van der Waals surface area contributed by atoms with Crippen molar-refractivity contribution in [3.63, 3.8) is 0 Å². The minimum atomic E-state index is -3.54. The molecule has 2 atom stereocenters. The van der Waals surface area contributed by atoms with Crippen molar-refractivity contribution >= 4 is 15.9 Å². The Morgan fingerprint density at radius 2 is 1.74 bits per heavy atom. The van der Waals surface area contributed by atoms with Crippen molar-refractivity contribution in [2.75, 3.05) is 19.6 Å². The zero-order valence-electron chi connectivity index (χ0n) is 17.1. The van der Waals surface area contributed by atoms with E-state index in [-0.39, 0.29) is 36.6 Å². The molecular formula is C22H24N4O4S. The molecule has 1 saturated heterocycles. The van der Waals surface area contributed by atoms with Crippen LogP contribution >= 0.6 is 0 Å². The van der Waals surface area contributed by atoms with Gasteiger partial charge >= 0.3 is 0 Å². The maximum Gasteiger partial charge on any atom is 0.251 e. The SMILES string of the molecule is Cc1nnc([C@H]2CN(S(=O)(=O)Cc3ccccc3)C[C@@H]2CNC(=O)c2ccccc2)o1. The number of aryl methyl sites for hydroxylation is 1. The number of nitrogens with zero attached hydrogens (tertiary/aromatic N) is 3. The smallest absolute Gasteiger partial charge is 0.251 e. The van der Waals surface area contributed by atoms with Gasteiger partial charge in [-0.15, -0.1) is 10.2 Å². The Labute approximate surface area is 181 Å². The Morgan fingerprint density at radius 3 is 2.39 bits per heavy atom. The topological polar surface area (TPSA) is 105 Å². The number of carbonyl (C=O) groups is 1. The van der Waals surface area contributed by atoms with E-state index in [2.05, 4.69) is 15.5 Å². The van der Waals surface area contributed by atoms with E-state index in [1.54, 1.807) is 43.3 Å². The van der Waals surface area contributed by atoms with Crippen molar-refractivity contribution in [3.8, 4) is 0 Å². The first-order chi connectivity index (χ1) is 14.9. The summed E-state index contributed by atoms with van der Waals surface area (Å²) in [5.74, 6) is 0.0704. The molecule has 0 saturated carbocycles. The third-order valence-corrected chi connectivity index (χ3v) is 7.20. The van der Waals surface area contributed by atoms with Crippen LogP contribution in [0.1, 0.15) is 33.6 Å². The second kappa shape index (κ2) is 8.99. The predicted molar refractivity (Wildman–Crippen MR) is 115 cm³/mol. The van der Waals surface area contributed by atoms with E-state index in [1.165, 1.54) is 4.31 Å². The highest BCUT2D eigenvalue weighted by Crippen LogP contribution is 2.34. The molecule has 0 unspecified atom stereocenters. The number of benzene rings is 2. The summed E-state index contributed by atoms with van der Waals surface area (Å²) in [7, 11) is -3.54. The minimum absolute atomic E-state index is 0.0769. The standard InChI is InChI=1S/C22H24N4O4S/c1-16-24-25-22(30-16)20-14-26(31(28,29)15-17-8-4-2-5-9-17)13-19(20)12-23-21(27)18-10-6-3-7-11-18/h2-11,19-20H,12-15H2,1H3,(H,23,27)/t19-,20-/m0/s1. The van der Waals surface area contributed by atoms with Crippen molar-refractivity contribution in [1.82, 2.24) is 19.8 Å². The molecule has 9 heteroatoms. The van der Waals surface area contributed by atoms with Gasteiger partial charge in [0.15, 0.2) is 0 Å². The first-order valence-corrected chi connectivity index (χ1v) is 11.7. The first-order valence-electron chi connectivity index (χ1n) is 10.1. The van der Waals surface area contributed by atoms with Gasteiger partial charge in [0.1, 0.15) is 0 Å². The molecule has 2 heterocycles. The molecule has 1 aromatic heterocycles. The molecule has 0 radical (unpaired) electrons. The maximum absolute atomic E-state index is 13.1. The lowest BCUT2D eigenvalue weighted by molar-refractivity contribution is 0.0946. The minimum Gasteiger partial charge on any atom is -0.425 e. The normalized spacial score (nSPS) is 19.4. The maximum atomic E-state index is 13.1. The van der Waals surface area contributed by atoms with Crippen molar-refractivity contribution in [1.29, 1.82) is 0 Å². The van der Waals surface area contributed by atoms with Gasteiger partial charge in [0.2, 0.25) is 21.8 Å². The molecule has 0 spiro atoms. The third kappa shape index (κ3) is 5.00. The van der Waals surface area contributed by atoms with Gasteiger partial charge in [-0.25, -0.2) is 12.7 Å². The predicted octanol–water partition coefficient (Wildman–Crippen LogP) is 2.35. The summed E-state index contributed by atoms with van der Waals surface area (Å²) in [4.78, 5) is 12.5. The van der Waals surface area contributed by atoms with Crippen LogP contribution in [-0.4, -0.2) is 48.5 Å². The molecule has 4 rings (SSSR count). The number of rotatable bonds is 7. The third-order valence-electron chi connectivity index (χ3n) is 5.41. The summed E-state index contributed by atoms with van der Waals surface area (Å²) < 4.78 is 33.2. The number of carbonyl (C=O) groups excluding carboxylic acids is 1. The monoisotopic (exact) mass is 440 g/mol. The Bertz CT molecular complexity index is 1130. The van der Waals surface area contributed by atoms with Crippen LogP contribution in [0.25, 0.3) is 0 Å². The van der Waals surface area contributed by atoms with Crippen LogP contribution < -0.4 is 5.32 Å². The lowest BCUT2D eigenvalue weighted by Gasteiger charge is -2.17. The fourth-order valence-electron chi connectivity index (χ4n) is 3.80. The average Bonchev–Trinajstić information content (AvgIpc) is 3.39. The number of aromatic nitrogens is 2. The lowest BCUT2D eigenvalue weighted by atomic mass is 9.96. The van der Waals surface area contributed by atoms with Crippen molar-refractivity contribution in [3.05, 3.63) is 83.6 Å². The zero-order chi connectivity index (χ0) is 21.8.